The molecule has 1 aromatic heterocycles. The molecular formula is C34H41N3O5. The number of aromatic amines is 1. The van der Waals surface area contributed by atoms with E-state index in [9.17, 15) is 14.7 Å². The summed E-state index contributed by atoms with van der Waals surface area (Å²) in [6.07, 6.45) is 2.02. The van der Waals surface area contributed by atoms with Crippen molar-refractivity contribution in [3.05, 3.63) is 102 Å². The number of amides is 1. The Balaban J connectivity index is 1.43. The van der Waals surface area contributed by atoms with Crippen molar-refractivity contribution >= 4 is 23.0 Å². The maximum Gasteiger partial charge on any atom is 0.410 e. The molecule has 1 amide bonds. The van der Waals surface area contributed by atoms with Gasteiger partial charge in [-0.15, -0.1) is 0 Å². The second kappa shape index (κ2) is 14.0. The number of carbonyl (C=O) groups is 2. The van der Waals surface area contributed by atoms with E-state index in [-0.39, 0.29) is 18.5 Å². The molecule has 222 valence electrons. The SMILES string of the molecule is CC(c1ccc(OCc2ccccc2)cc1)N(CCN[C@@H](CC(=O)O)Cc1c[nH]c2ccccc12)C(=O)OC(C)(C)C. The van der Waals surface area contributed by atoms with Gasteiger partial charge in [0.1, 0.15) is 18.0 Å². The number of carboxylic acid groups (broad SMARTS) is 1. The second-order valence-corrected chi connectivity index (χ2v) is 11.5. The number of aromatic nitrogens is 1. The number of hydrogen-bond donors (Lipinski definition) is 3. The van der Waals surface area contributed by atoms with Crippen LogP contribution in [0.4, 0.5) is 4.79 Å². The summed E-state index contributed by atoms with van der Waals surface area (Å²) in [6.45, 7) is 8.71. The molecule has 8 heteroatoms. The van der Waals surface area contributed by atoms with Gasteiger partial charge in [0, 0.05) is 36.2 Å². The number of benzene rings is 3. The van der Waals surface area contributed by atoms with Gasteiger partial charge in [-0.05, 0) is 69.0 Å². The lowest BCUT2D eigenvalue weighted by molar-refractivity contribution is -0.137. The van der Waals surface area contributed by atoms with Gasteiger partial charge in [-0.3, -0.25) is 4.79 Å². The average Bonchev–Trinajstić information content (AvgIpc) is 3.36. The van der Waals surface area contributed by atoms with E-state index < -0.39 is 17.7 Å². The van der Waals surface area contributed by atoms with Gasteiger partial charge in [0.15, 0.2) is 0 Å². The van der Waals surface area contributed by atoms with Crippen LogP contribution >= 0.6 is 0 Å². The van der Waals surface area contributed by atoms with Gasteiger partial charge in [-0.2, -0.15) is 0 Å². The molecule has 3 N–H and O–H groups in total. The first-order chi connectivity index (χ1) is 20.1. The van der Waals surface area contributed by atoms with Crippen LogP contribution in [0.5, 0.6) is 5.75 Å². The van der Waals surface area contributed by atoms with E-state index in [1.165, 1.54) is 0 Å². The van der Waals surface area contributed by atoms with E-state index in [2.05, 4.69) is 10.3 Å². The van der Waals surface area contributed by atoms with Gasteiger partial charge in [0.2, 0.25) is 0 Å². The Labute approximate surface area is 247 Å². The van der Waals surface area contributed by atoms with E-state index >= 15 is 0 Å². The first kappa shape index (κ1) is 30.7. The lowest BCUT2D eigenvalue weighted by atomic mass is 10.0. The van der Waals surface area contributed by atoms with Crippen molar-refractivity contribution in [2.45, 2.75) is 64.8 Å². The smallest absolute Gasteiger partial charge is 0.410 e. The molecule has 0 aliphatic carbocycles. The highest BCUT2D eigenvalue weighted by molar-refractivity contribution is 5.83. The second-order valence-electron chi connectivity index (χ2n) is 11.5. The van der Waals surface area contributed by atoms with Crippen molar-refractivity contribution in [3.8, 4) is 5.75 Å². The van der Waals surface area contributed by atoms with E-state index in [1.54, 1.807) is 4.90 Å². The number of ether oxygens (including phenoxy) is 2. The minimum atomic E-state index is -0.876. The van der Waals surface area contributed by atoms with E-state index in [1.807, 2.05) is 113 Å². The quantitative estimate of drug-likeness (QED) is 0.165. The molecule has 0 saturated heterocycles. The predicted molar refractivity (Wildman–Crippen MR) is 165 cm³/mol. The van der Waals surface area contributed by atoms with Crippen LogP contribution in [-0.4, -0.2) is 51.8 Å². The molecule has 8 nitrogen and oxygen atoms in total. The predicted octanol–water partition coefficient (Wildman–Crippen LogP) is 6.72. The maximum absolute atomic E-state index is 13.3. The van der Waals surface area contributed by atoms with E-state index in [0.717, 1.165) is 33.3 Å². The minimum Gasteiger partial charge on any atom is -0.489 e. The Kier molecular flexibility index (Phi) is 10.3. The first-order valence-electron chi connectivity index (χ1n) is 14.4. The molecule has 0 saturated carbocycles. The molecule has 0 spiro atoms. The highest BCUT2D eigenvalue weighted by atomic mass is 16.6. The number of nitrogens with zero attached hydrogens (tertiary/aromatic N) is 1. The Bertz CT molecular complexity index is 1440. The molecule has 4 rings (SSSR count). The largest absolute Gasteiger partial charge is 0.489 e. The molecule has 0 radical (unpaired) electrons. The van der Waals surface area contributed by atoms with Crippen LogP contribution in [0.3, 0.4) is 0 Å². The van der Waals surface area contributed by atoms with Crippen molar-refractivity contribution in [3.63, 3.8) is 0 Å². The molecule has 4 aromatic rings. The summed E-state index contributed by atoms with van der Waals surface area (Å²) >= 11 is 0. The monoisotopic (exact) mass is 571 g/mol. The summed E-state index contributed by atoms with van der Waals surface area (Å²) in [6, 6.07) is 25.1. The maximum atomic E-state index is 13.3. The van der Waals surface area contributed by atoms with Crippen LogP contribution in [-0.2, 0) is 22.6 Å². The van der Waals surface area contributed by atoms with Crippen molar-refractivity contribution < 1.29 is 24.2 Å². The Hall–Kier alpha value is -4.30. The average molecular weight is 572 g/mol. The van der Waals surface area contributed by atoms with Crippen molar-refractivity contribution in [2.24, 2.45) is 0 Å². The third-order valence-corrected chi connectivity index (χ3v) is 7.05. The number of aliphatic carboxylic acids is 1. The topological polar surface area (TPSA) is 104 Å². The van der Waals surface area contributed by atoms with E-state index in [0.29, 0.717) is 26.1 Å². The van der Waals surface area contributed by atoms with E-state index in [4.69, 9.17) is 9.47 Å². The molecule has 1 unspecified atom stereocenters. The molecular weight excluding hydrogens is 530 g/mol. The van der Waals surface area contributed by atoms with Gasteiger partial charge in [0.05, 0.1) is 12.5 Å². The lowest BCUT2D eigenvalue weighted by Gasteiger charge is -2.32. The zero-order chi connectivity index (χ0) is 30.1. The van der Waals surface area contributed by atoms with Gasteiger partial charge < -0.3 is 29.8 Å². The zero-order valence-electron chi connectivity index (χ0n) is 24.8. The van der Waals surface area contributed by atoms with Crippen LogP contribution in [0.2, 0.25) is 0 Å². The number of para-hydroxylation sites is 1. The Morgan fingerprint density at radius 1 is 0.976 bits per heavy atom. The number of carboxylic acids is 1. The third-order valence-electron chi connectivity index (χ3n) is 7.05. The fourth-order valence-corrected chi connectivity index (χ4v) is 4.91. The summed E-state index contributed by atoms with van der Waals surface area (Å²) in [7, 11) is 0. The van der Waals surface area contributed by atoms with Crippen molar-refractivity contribution in [1.29, 1.82) is 0 Å². The van der Waals surface area contributed by atoms with Gasteiger partial charge in [-0.1, -0.05) is 60.7 Å². The minimum absolute atomic E-state index is 0.0358. The molecule has 0 bridgehead atoms. The van der Waals surface area contributed by atoms with Crippen LogP contribution in [0.15, 0.2) is 85.1 Å². The number of carbonyl (C=O) groups excluding carboxylic acids is 1. The standard InChI is InChI=1S/C34H41N3O5/c1-24(26-14-16-29(17-15-26)41-23-25-10-6-5-7-11-25)37(33(40)42-34(2,3)4)19-18-35-28(21-32(38)39)20-27-22-36-31-13-9-8-12-30(27)31/h5-17,22,24,28,35-36H,18-21,23H2,1-4H3,(H,38,39)/t24?,28-/m1/s1. The Morgan fingerprint density at radius 3 is 2.36 bits per heavy atom. The fourth-order valence-electron chi connectivity index (χ4n) is 4.91. The highest BCUT2D eigenvalue weighted by Gasteiger charge is 2.27. The molecule has 0 aliphatic rings. The normalized spacial score (nSPS) is 13.0. The summed E-state index contributed by atoms with van der Waals surface area (Å²) in [5.74, 6) is -0.131. The molecule has 0 fully saturated rings. The summed E-state index contributed by atoms with van der Waals surface area (Å²) in [4.78, 5) is 29.9. The summed E-state index contributed by atoms with van der Waals surface area (Å²) < 4.78 is 11.7. The molecule has 2 atom stereocenters. The lowest BCUT2D eigenvalue weighted by Crippen LogP contribution is -2.44. The molecule has 1 heterocycles. The first-order valence-corrected chi connectivity index (χ1v) is 14.4. The highest BCUT2D eigenvalue weighted by Crippen LogP contribution is 2.25. The zero-order valence-corrected chi connectivity index (χ0v) is 24.8. The van der Waals surface area contributed by atoms with Crippen LogP contribution in [0.25, 0.3) is 10.9 Å². The summed E-state index contributed by atoms with van der Waals surface area (Å²) in [5.41, 5.74) is 3.44. The molecule has 0 aliphatic heterocycles. The van der Waals surface area contributed by atoms with Gasteiger partial charge in [-0.25, -0.2) is 4.79 Å². The number of fused-ring (bicyclic) bond motifs is 1. The number of hydrogen-bond acceptors (Lipinski definition) is 5. The van der Waals surface area contributed by atoms with Crippen LogP contribution < -0.4 is 10.1 Å². The van der Waals surface area contributed by atoms with Gasteiger partial charge in [0.25, 0.3) is 0 Å². The van der Waals surface area contributed by atoms with Crippen LogP contribution in [0.1, 0.15) is 56.8 Å². The van der Waals surface area contributed by atoms with Crippen molar-refractivity contribution in [2.75, 3.05) is 13.1 Å². The third kappa shape index (κ3) is 8.85. The molecule has 3 aromatic carbocycles. The fraction of sp³-hybridized carbons (Fsp3) is 0.353. The Morgan fingerprint density at radius 2 is 1.67 bits per heavy atom. The summed E-state index contributed by atoms with van der Waals surface area (Å²) in [5, 5.41) is 14.0. The van der Waals surface area contributed by atoms with Crippen molar-refractivity contribution in [1.82, 2.24) is 15.2 Å². The number of rotatable bonds is 13. The number of H-pyrrole nitrogens is 1. The number of nitrogens with one attached hydrogen (secondary N) is 2. The van der Waals surface area contributed by atoms with Crippen LogP contribution in [0, 0.1) is 0 Å². The van der Waals surface area contributed by atoms with Gasteiger partial charge >= 0.3 is 12.1 Å². The molecule has 42 heavy (non-hydrogen) atoms.